The van der Waals surface area contributed by atoms with Crippen molar-refractivity contribution >= 4 is 0 Å². The van der Waals surface area contributed by atoms with E-state index in [-0.39, 0.29) is 6.04 Å². The molecule has 82 valence electrons. The summed E-state index contributed by atoms with van der Waals surface area (Å²) < 4.78 is 0. The Bertz CT molecular complexity index is 331. The molecule has 0 radical (unpaired) electrons. The van der Waals surface area contributed by atoms with Crippen molar-refractivity contribution in [3.63, 3.8) is 0 Å². The van der Waals surface area contributed by atoms with E-state index < -0.39 is 0 Å². The van der Waals surface area contributed by atoms with Crippen molar-refractivity contribution in [1.82, 2.24) is 4.98 Å². The van der Waals surface area contributed by atoms with Crippen molar-refractivity contribution in [1.29, 1.82) is 0 Å². The van der Waals surface area contributed by atoms with E-state index >= 15 is 0 Å². The third-order valence-electron chi connectivity index (χ3n) is 2.73. The Morgan fingerprint density at radius 3 is 2.87 bits per heavy atom. The van der Waals surface area contributed by atoms with Crippen LogP contribution in [0.4, 0.5) is 0 Å². The summed E-state index contributed by atoms with van der Waals surface area (Å²) in [4.78, 5) is 4.12. The van der Waals surface area contributed by atoms with Gasteiger partial charge in [-0.05, 0) is 36.5 Å². The largest absolute Gasteiger partial charge is 0.324 e. The van der Waals surface area contributed by atoms with Gasteiger partial charge in [-0.1, -0.05) is 26.0 Å². The number of nitrogens with two attached hydrogens (primary N) is 1. The molecule has 1 atom stereocenters. The van der Waals surface area contributed by atoms with Gasteiger partial charge in [0.25, 0.3) is 0 Å². The highest BCUT2D eigenvalue weighted by Gasteiger charge is 2.10. The minimum atomic E-state index is 0.0652. The summed E-state index contributed by atoms with van der Waals surface area (Å²) in [6, 6.07) is 2.09. The summed E-state index contributed by atoms with van der Waals surface area (Å²) in [6.45, 7) is 8.24. The molecular weight excluding hydrogens is 184 g/mol. The lowest BCUT2D eigenvalue weighted by atomic mass is 9.95. The second-order valence-corrected chi connectivity index (χ2v) is 3.84. The SMILES string of the molecule is C=C(CC)CC(N)c1ccncc1CC. The minimum absolute atomic E-state index is 0.0652. The lowest BCUT2D eigenvalue weighted by Crippen LogP contribution is -2.13. The van der Waals surface area contributed by atoms with E-state index in [0.717, 1.165) is 19.3 Å². The van der Waals surface area contributed by atoms with E-state index in [0.29, 0.717) is 0 Å². The molecule has 0 aliphatic rings. The predicted molar refractivity (Wildman–Crippen MR) is 64.6 cm³/mol. The Balaban J connectivity index is 2.80. The zero-order chi connectivity index (χ0) is 11.3. The average molecular weight is 204 g/mol. The van der Waals surface area contributed by atoms with E-state index in [4.69, 9.17) is 5.73 Å². The van der Waals surface area contributed by atoms with Gasteiger partial charge in [-0.25, -0.2) is 0 Å². The molecule has 0 amide bonds. The van der Waals surface area contributed by atoms with Crippen LogP contribution >= 0.6 is 0 Å². The first-order valence-electron chi connectivity index (χ1n) is 5.54. The number of hydrogen-bond donors (Lipinski definition) is 1. The highest BCUT2D eigenvalue weighted by atomic mass is 14.7. The van der Waals surface area contributed by atoms with Gasteiger partial charge in [0.2, 0.25) is 0 Å². The van der Waals surface area contributed by atoms with E-state index in [9.17, 15) is 0 Å². The number of rotatable bonds is 5. The predicted octanol–water partition coefficient (Wildman–Crippen LogP) is 3.00. The second kappa shape index (κ2) is 5.66. The molecular formula is C13H20N2. The van der Waals surface area contributed by atoms with Crippen molar-refractivity contribution in [2.24, 2.45) is 5.73 Å². The maximum atomic E-state index is 6.16. The first kappa shape index (κ1) is 11.9. The molecule has 1 heterocycles. The fraction of sp³-hybridized carbons (Fsp3) is 0.462. The molecule has 2 heteroatoms. The van der Waals surface area contributed by atoms with E-state index in [1.165, 1.54) is 16.7 Å². The van der Waals surface area contributed by atoms with Crippen LogP contribution in [0.3, 0.4) is 0 Å². The van der Waals surface area contributed by atoms with E-state index in [1.807, 2.05) is 18.5 Å². The monoisotopic (exact) mass is 204 g/mol. The summed E-state index contributed by atoms with van der Waals surface area (Å²) in [5.74, 6) is 0. The summed E-state index contributed by atoms with van der Waals surface area (Å²) in [5, 5.41) is 0. The third kappa shape index (κ3) is 3.17. The lowest BCUT2D eigenvalue weighted by molar-refractivity contribution is 0.691. The van der Waals surface area contributed by atoms with Crippen molar-refractivity contribution in [3.05, 3.63) is 41.7 Å². The average Bonchev–Trinajstić information content (AvgIpc) is 2.28. The first-order chi connectivity index (χ1) is 7.19. The Labute approximate surface area is 92.2 Å². The molecule has 0 saturated heterocycles. The molecule has 0 saturated carbocycles. The van der Waals surface area contributed by atoms with Gasteiger partial charge >= 0.3 is 0 Å². The van der Waals surface area contributed by atoms with E-state index in [2.05, 4.69) is 25.4 Å². The quantitative estimate of drug-likeness (QED) is 0.749. The Hall–Kier alpha value is -1.15. The smallest absolute Gasteiger partial charge is 0.0336 e. The fourth-order valence-corrected chi connectivity index (χ4v) is 1.66. The molecule has 1 unspecified atom stereocenters. The Kier molecular flexibility index (Phi) is 4.50. The van der Waals surface area contributed by atoms with Gasteiger partial charge in [0.1, 0.15) is 0 Å². The molecule has 1 rings (SSSR count). The topological polar surface area (TPSA) is 38.9 Å². The van der Waals surface area contributed by atoms with Gasteiger partial charge < -0.3 is 5.73 Å². The molecule has 0 aliphatic heterocycles. The van der Waals surface area contributed by atoms with Gasteiger partial charge in [0.15, 0.2) is 0 Å². The van der Waals surface area contributed by atoms with Crippen molar-refractivity contribution in [3.8, 4) is 0 Å². The standard InChI is InChI=1S/C13H20N2/c1-4-10(3)8-13(14)12-6-7-15-9-11(12)5-2/h6-7,9,13H,3-5,8,14H2,1-2H3. The van der Waals surface area contributed by atoms with Crippen molar-refractivity contribution in [2.75, 3.05) is 0 Å². The summed E-state index contributed by atoms with van der Waals surface area (Å²) in [5.41, 5.74) is 9.82. The van der Waals surface area contributed by atoms with Gasteiger partial charge in [0, 0.05) is 18.4 Å². The lowest BCUT2D eigenvalue weighted by Gasteiger charge is -2.16. The maximum absolute atomic E-state index is 6.16. The van der Waals surface area contributed by atoms with Crippen LogP contribution in [0.15, 0.2) is 30.6 Å². The van der Waals surface area contributed by atoms with Gasteiger partial charge in [0.05, 0.1) is 0 Å². The van der Waals surface area contributed by atoms with Crippen molar-refractivity contribution in [2.45, 2.75) is 39.2 Å². The van der Waals surface area contributed by atoms with Crippen LogP contribution in [-0.4, -0.2) is 4.98 Å². The maximum Gasteiger partial charge on any atom is 0.0336 e. The zero-order valence-electron chi connectivity index (χ0n) is 9.66. The van der Waals surface area contributed by atoms with Crippen molar-refractivity contribution < 1.29 is 0 Å². The van der Waals surface area contributed by atoms with Crippen LogP contribution in [0.25, 0.3) is 0 Å². The molecule has 0 bridgehead atoms. The van der Waals surface area contributed by atoms with Crippen LogP contribution in [0.2, 0.25) is 0 Å². The third-order valence-corrected chi connectivity index (χ3v) is 2.73. The number of aryl methyl sites for hydroxylation is 1. The number of nitrogens with zero attached hydrogens (tertiary/aromatic N) is 1. The van der Waals surface area contributed by atoms with Crippen LogP contribution in [0.5, 0.6) is 0 Å². The number of pyridine rings is 1. The molecule has 0 aromatic carbocycles. The van der Waals surface area contributed by atoms with Gasteiger partial charge in [-0.15, -0.1) is 0 Å². The first-order valence-corrected chi connectivity index (χ1v) is 5.54. The molecule has 0 fully saturated rings. The molecule has 2 nitrogen and oxygen atoms in total. The normalized spacial score (nSPS) is 12.5. The Morgan fingerprint density at radius 2 is 2.27 bits per heavy atom. The second-order valence-electron chi connectivity index (χ2n) is 3.84. The summed E-state index contributed by atoms with van der Waals surface area (Å²) in [6.07, 6.45) is 6.57. The van der Waals surface area contributed by atoms with E-state index in [1.54, 1.807) is 0 Å². The highest BCUT2D eigenvalue weighted by Crippen LogP contribution is 2.22. The van der Waals surface area contributed by atoms with Crippen LogP contribution in [-0.2, 0) is 6.42 Å². The molecule has 15 heavy (non-hydrogen) atoms. The van der Waals surface area contributed by atoms with Gasteiger partial charge in [-0.2, -0.15) is 0 Å². The molecule has 2 N–H and O–H groups in total. The molecule has 1 aromatic rings. The summed E-state index contributed by atoms with van der Waals surface area (Å²) in [7, 11) is 0. The van der Waals surface area contributed by atoms with Crippen LogP contribution in [0.1, 0.15) is 43.9 Å². The van der Waals surface area contributed by atoms with Crippen LogP contribution in [0, 0.1) is 0 Å². The number of aromatic nitrogens is 1. The molecule has 0 aliphatic carbocycles. The summed E-state index contributed by atoms with van der Waals surface area (Å²) >= 11 is 0. The van der Waals surface area contributed by atoms with Crippen LogP contribution < -0.4 is 5.73 Å². The zero-order valence-corrected chi connectivity index (χ0v) is 9.66. The fourth-order valence-electron chi connectivity index (χ4n) is 1.66. The minimum Gasteiger partial charge on any atom is -0.324 e. The molecule has 0 spiro atoms. The molecule has 1 aromatic heterocycles. The van der Waals surface area contributed by atoms with Gasteiger partial charge in [-0.3, -0.25) is 4.98 Å². The Morgan fingerprint density at radius 1 is 1.53 bits per heavy atom. The highest BCUT2D eigenvalue weighted by molar-refractivity contribution is 5.27. The number of hydrogen-bond acceptors (Lipinski definition) is 2.